The summed E-state index contributed by atoms with van der Waals surface area (Å²) in [4.78, 5) is 20.4. The molecule has 1 saturated heterocycles. The first kappa shape index (κ1) is 11.6. The molecule has 0 radical (unpaired) electrons. The van der Waals surface area contributed by atoms with Crippen LogP contribution in [0.2, 0.25) is 0 Å². The van der Waals surface area contributed by atoms with Gasteiger partial charge in [-0.1, -0.05) is 6.42 Å². The van der Waals surface area contributed by atoms with Crippen molar-refractivity contribution in [1.82, 2.24) is 15.3 Å². The first-order chi connectivity index (χ1) is 8.83. The van der Waals surface area contributed by atoms with E-state index in [0.717, 1.165) is 25.8 Å². The molecule has 1 saturated carbocycles. The van der Waals surface area contributed by atoms with Gasteiger partial charge in [-0.25, -0.2) is 9.97 Å². The summed E-state index contributed by atoms with van der Waals surface area (Å²) in [6.07, 6.45) is 9.28. The fraction of sp³-hybridized carbons (Fsp3) is 0.615. The average Bonchev–Trinajstić information content (AvgIpc) is 3.25. The largest absolute Gasteiger partial charge is 0.306 e. The zero-order valence-electron chi connectivity index (χ0n) is 10.4. The number of carbonyl (C=O) groups excluding carboxylic acids is 1. The minimum Gasteiger partial charge on any atom is -0.306 e. The van der Waals surface area contributed by atoms with E-state index < -0.39 is 0 Å². The third-order valence-corrected chi connectivity index (χ3v) is 3.58. The summed E-state index contributed by atoms with van der Waals surface area (Å²) in [6.45, 7) is 0.916. The minimum absolute atomic E-state index is 0.0196. The topological polar surface area (TPSA) is 66.9 Å². The van der Waals surface area contributed by atoms with Gasteiger partial charge in [0.15, 0.2) is 0 Å². The van der Waals surface area contributed by atoms with Gasteiger partial charge in [0.25, 0.3) is 0 Å². The van der Waals surface area contributed by atoms with Crippen molar-refractivity contribution in [1.29, 1.82) is 0 Å². The number of hydrogen-bond acceptors (Lipinski definition) is 4. The summed E-state index contributed by atoms with van der Waals surface area (Å²) in [5, 5.41) is 5.99. The first-order valence-electron chi connectivity index (χ1n) is 6.69. The maximum atomic E-state index is 11.9. The Kier molecular flexibility index (Phi) is 3.23. The van der Waals surface area contributed by atoms with Crippen molar-refractivity contribution >= 4 is 11.9 Å². The van der Waals surface area contributed by atoms with Gasteiger partial charge in [-0.2, -0.15) is 0 Å². The fourth-order valence-corrected chi connectivity index (χ4v) is 2.30. The number of amides is 1. The molecule has 1 aromatic heterocycles. The predicted octanol–water partition coefficient (Wildman–Crippen LogP) is 1.43. The predicted molar refractivity (Wildman–Crippen MR) is 68.3 cm³/mol. The smallest absolute Gasteiger partial charge is 0.243 e. The van der Waals surface area contributed by atoms with Crippen LogP contribution < -0.4 is 10.6 Å². The Labute approximate surface area is 106 Å². The number of aromatic nitrogens is 2. The van der Waals surface area contributed by atoms with Crippen LogP contribution in [0.25, 0.3) is 0 Å². The van der Waals surface area contributed by atoms with Crippen LogP contribution in [0, 0.1) is 0 Å². The van der Waals surface area contributed by atoms with Gasteiger partial charge in [0.05, 0.1) is 6.04 Å². The van der Waals surface area contributed by atoms with E-state index in [2.05, 4.69) is 20.6 Å². The lowest BCUT2D eigenvalue weighted by Crippen LogP contribution is -2.43. The number of nitrogens with one attached hydrogen (secondary N) is 2. The second kappa shape index (κ2) is 5.02. The van der Waals surface area contributed by atoms with Crippen LogP contribution in [0.5, 0.6) is 0 Å². The second-order valence-corrected chi connectivity index (χ2v) is 5.11. The summed E-state index contributed by atoms with van der Waals surface area (Å²) >= 11 is 0. The SMILES string of the molecule is O=C(Nc1ncc(C2CC2)cn1)[C@H]1CCCCN1. The van der Waals surface area contributed by atoms with Crippen molar-refractivity contribution in [3.8, 4) is 0 Å². The molecule has 0 spiro atoms. The molecule has 1 atom stereocenters. The molecule has 0 bridgehead atoms. The maximum absolute atomic E-state index is 11.9. The Balaban J connectivity index is 1.59. The highest BCUT2D eigenvalue weighted by Gasteiger charge is 2.24. The molecule has 3 rings (SSSR count). The second-order valence-electron chi connectivity index (χ2n) is 5.11. The highest BCUT2D eigenvalue weighted by atomic mass is 16.2. The standard InChI is InChI=1S/C13H18N4O/c18-12(11-3-1-2-6-14-11)17-13-15-7-10(8-16-13)9-4-5-9/h7-9,11,14H,1-6H2,(H,15,16,17,18)/t11-/m1/s1. The molecule has 1 amide bonds. The van der Waals surface area contributed by atoms with E-state index in [4.69, 9.17) is 0 Å². The van der Waals surface area contributed by atoms with E-state index in [1.807, 2.05) is 12.4 Å². The quantitative estimate of drug-likeness (QED) is 0.846. The van der Waals surface area contributed by atoms with E-state index in [-0.39, 0.29) is 11.9 Å². The van der Waals surface area contributed by atoms with Gasteiger partial charge in [-0.05, 0) is 43.7 Å². The third-order valence-electron chi connectivity index (χ3n) is 3.58. The molecule has 0 unspecified atom stereocenters. The Bertz CT molecular complexity index is 421. The van der Waals surface area contributed by atoms with Gasteiger partial charge in [0.2, 0.25) is 11.9 Å². The molecule has 2 N–H and O–H groups in total. The highest BCUT2D eigenvalue weighted by Crippen LogP contribution is 2.39. The molecular weight excluding hydrogens is 228 g/mol. The van der Waals surface area contributed by atoms with E-state index in [0.29, 0.717) is 11.9 Å². The zero-order valence-corrected chi connectivity index (χ0v) is 10.4. The number of rotatable bonds is 3. The van der Waals surface area contributed by atoms with Crippen LogP contribution in [0.4, 0.5) is 5.95 Å². The van der Waals surface area contributed by atoms with Crippen LogP contribution in [0.1, 0.15) is 43.6 Å². The van der Waals surface area contributed by atoms with Gasteiger partial charge in [0.1, 0.15) is 0 Å². The molecule has 2 heterocycles. The Morgan fingerprint density at radius 1 is 1.22 bits per heavy atom. The van der Waals surface area contributed by atoms with Gasteiger partial charge in [-0.3, -0.25) is 10.1 Å². The number of piperidine rings is 1. The van der Waals surface area contributed by atoms with Crippen LogP contribution in [-0.2, 0) is 4.79 Å². The fourth-order valence-electron chi connectivity index (χ4n) is 2.30. The molecule has 1 aliphatic carbocycles. The van der Waals surface area contributed by atoms with Crippen LogP contribution in [0.15, 0.2) is 12.4 Å². The minimum atomic E-state index is -0.0922. The van der Waals surface area contributed by atoms with Gasteiger partial charge < -0.3 is 5.32 Å². The monoisotopic (exact) mass is 246 g/mol. The number of nitrogens with zero attached hydrogens (tertiary/aromatic N) is 2. The van der Waals surface area contributed by atoms with Gasteiger partial charge >= 0.3 is 0 Å². The molecule has 96 valence electrons. The van der Waals surface area contributed by atoms with Crippen LogP contribution in [-0.4, -0.2) is 28.5 Å². The van der Waals surface area contributed by atoms with Crippen molar-refractivity contribution in [3.05, 3.63) is 18.0 Å². The summed E-state index contributed by atoms with van der Waals surface area (Å²) in [7, 11) is 0. The lowest BCUT2D eigenvalue weighted by Gasteiger charge is -2.21. The molecular formula is C13H18N4O. The van der Waals surface area contributed by atoms with Gasteiger partial charge in [0, 0.05) is 12.4 Å². The number of hydrogen-bond donors (Lipinski definition) is 2. The molecule has 5 nitrogen and oxygen atoms in total. The lowest BCUT2D eigenvalue weighted by molar-refractivity contribution is -0.118. The molecule has 2 fully saturated rings. The normalized spacial score (nSPS) is 23.7. The summed E-state index contributed by atoms with van der Waals surface area (Å²) < 4.78 is 0. The average molecular weight is 246 g/mol. The highest BCUT2D eigenvalue weighted by molar-refractivity contribution is 5.93. The molecule has 0 aromatic carbocycles. The van der Waals surface area contributed by atoms with Crippen molar-refractivity contribution in [2.24, 2.45) is 0 Å². The van der Waals surface area contributed by atoms with Crippen molar-refractivity contribution in [2.45, 2.75) is 44.1 Å². The molecule has 1 aromatic rings. The van der Waals surface area contributed by atoms with Crippen molar-refractivity contribution in [3.63, 3.8) is 0 Å². The molecule has 1 aliphatic heterocycles. The first-order valence-corrected chi connectivity index (χ1v) is 6.69. The maximum Gasteiger partial charge on any atom is 0.243 e. The van der Waals surface area contributed by atoms with Crippen LogP contribution in [0.3, 0.4) is 0 Å². The van der Waals surface area contributed by atoms with Crippen molar-refractivity contribution < 1.29 is 4.79 Å². The molecule has 18 heavy (non-hydrogen) atoms. The summed E-state index contributed by atoms with van der Waals surface area (Å²) in [6, 6.07) is -0.0922. The van der Waals surface area contributed by atoms with E-state index in [9.17, 15) is 4.79 Å². The Morgan fingerprint density at radius 3 is 2.61 bits per heavy atom. The summed E-state index contributed by atoms with van der Waals surface area (Å²) in [5.74, 6) is 1.04. The van der Waals surface area contributed by atoms with Crippen LogP contribution >= 0.6 is 0 Å². The van der Waals surface area contributed by atoms with E-state index >= 15 is 0 Å². The van der Waals surface area contributed by atoms with Gasteiger partial charge in [-0.15, -0.1) is 0 Å². The summed E-state index contributed by atoms with van der Waals surface area (Å²) in [5.41, 5.74) is 1.18. The lowest BCUT2D eigenvalue weighted by atomic mass is 10.0. The Hall–Kier alpha value is -1.49. The molecule has 5 heteroatoms. The Morgan fingerprint density at radius 2 is 2.00 bits per heavy atom. The molecule has 2 aliphatic rings. The van der Waals surface area contributed by atoms with E-state index in [1.54, 1.807) is 0 Å². The zero-order chi connectivity index (χ0) is 12.4. The number of anilines is 1. The number of carbonyl (C=O) groups is 1. The van der Waals surface area contributed by atoms with Crippen molar-refractivity contribution in [2.75, 3.05) is 11.9 Å². The van der Waals surface area contributed by atoms with E-state index in [1.165, 1.54) is 18.4 Å². The third kappa shape index (κ3) is 2.67.